The van der Waals surface area contributed by atoms with E-state index in [1.165, 1.54) is 0 Å². The second-order valence-electron chi connectivity index (χ2n) is 3.63. The van der Waals surface area contributed by atoms with Crippen LogP contribution in [-0.2, 0) is 0 Å². The Balaban J connectivity index is 3.39. The van der Waals surface area contributed by atoms with E-state index < -0.39 is 11.6 Å². The lowest BCUT2D eigenvalue weighted by Crippen LogP contribution is -2.06. The lowest BCUT2D eigenvalue weighted by Gasteiger charge is -2.15. The molecule has 2 N–H and O–H groups in total. The van der Waals surface area contributed by atoms with Crippen molar-refractivity contribution < 1.29 is 8.78 Å². The molecule has 0 heterocycles. The maximum absolute atomic E-state index is 13.4. The fraction of sp³-hybridized carbons (Fsp3) is 0.455. The highest BCUT2D eigenvalue weighted by molar-refractivity contribution is 5.55. The Bertz CT molecular complexity index is 321. The van der Waals surface area contributed by atoms with E-state index >= 15 is 0 Å². The Labute approximate surface area is 82.9 Å². The van der Waals surface area contributed by atoms with Crippen LogP contribution in [0.15, 0.2) is 6.07 Å². The first-order valence-corrected chi connectivity index (χ1v) is 4.73. The van der Waals surface area contributed by atoms with E-state index in [-0.39, 0.29) is 5.92 Å². The van der Waals surface area contributed by atoms with E-state index in [0.29, 0.717) is 16.8 Å². The SMILES string of the molecule is CC[C@H](C)c1c(N)c(C)cc(F)c1F. The molecule has 0 unspecified atom stereocenters. The molecule has 0 aliphatic carbocycles. The largest absolute Gasteiger partial charge is 0.398 e. The molecule has 0 saturated heterocycles. The standard InChI is InChI=1S/C11H15F2N/c1-4-6(2)9-10(13)8(12)5-7(3)11(9)14/h5-6H,4,14H2,1-3H3/t6-/m0/s1. The van der Waals surface area contributed by atoms with Crippen molar-refractivity contribution in [1.82, 2.24) is 0 Å². The summed E-state index contributed by atoms with van der Waals surface area (Å²) in [7, 11) is 0. The number of nitrogens with two attached hydrogens (primary N) is 1. The first-order chi connectivity index (χ1) is 6.49. The maximum atomic E-state index is 13.4. The molecule has 0 amide bonds. The third kappa shape index (κ3) is 1.72. The fourth-order valence-corrected chi connectivity index (χ4v) is 1.48. The number of hydrogen-bond donors (Lipinski definition) is 1. The Hall–Kier alpha value is -1.12. The van der Waals surface area contributed by atoms with E-state index in [9.17, 15) is 8.78 Å². The monoisotopic (exact) mass is 199 g/mol. The number of nitrogen functional groups attached to an aromatic ring is 1. The van der Waals surface area contributed by atoms with Gasteiger partial charge in [-0.05, 0) is 30.9 Å². The van der Waals surface area contributed by atoms with Gasteiger partial charge >= 0.3 is 0 Å². The van der Waals surface area contributed by atoms with Crippen LogP contribution in [0.5, 0.6) is 0 Å². The molecule has 1 atom stereocenters. The fourth-order valence-electron chi connectivity index (χ4n) is 1.48. The first-order valence-electron chi connectivity index (χ1n) is 4.73. The van der Waals surface area contributed by atoms with Crippen molar-refractivity contribution >= 4 is 5.69 Å². The number of anilines is 1. The number of benzene rings is 1. The van der Waals surface area contributed by atoms with Gasteiger partial charge < -0.3 is 5.73 Å². The van der Waals surface area contributed by atoms with Gasteiger partial charge in [0.25, 0.3) is 0 Å². The molecule has 1 aromatic carbocycles. The minimum absolute atomic E-state index is 0.0515. The van der Waals surface area contributed by atoms with Gasteiger partial charge in [-0.3, -0.25) is 0 Å². The van der Waals surface area contributed by atoms with Crippen molar-refractivity contribution in [3.8, 4) is 0 Å². The smallest absolute Gasteiger partial charge is 0.164 e. The molecule has 78 valence electrons. The molecule has 0 saturated carbocycles. The van der Waals surface area contributed by atoms with Gasteiger partial charge in [0.1, 0.15) is 0 Å². The molecule has 1 aromatic rings. The molecule has 0 aliphatic rings. The molecule has 3 heteroatoms. The molecular weight excluding hydrogens is 184 g/mol. The van der Waals surface area contributed by atoms with Gasteiger partial charge in [-0.15, -0.1) is 0 Å². The minimum atomic E-state index is -0.813. The van der Waals surface area contributed by atoms with Gasteiger partial charge in [0.05, 0.1) is 0 Å². The summed E-state index contributed by atoms with van der Waals surface area (Å²) in [6.45, 7) is 5.45. The predicted octanol–water partition coefficient (Wildman–Crippen LogP) is 3.37. The van der Waals surface area contributed by atoms with Gasteiger partial charge in [-0.2, -0.15) is 0 Å². The van der Waals surface area contributed by atoms with Crippen molar-refractivity contribution in [2.45, 2.75) is 33.1 Å². The molecule has 0 radical (unpaired) electrons. The summed E-state index contributed by atoms with van der Waals surface area (Å²) in [5, 5.41) is 0. The third-order valence-electron chi connectivity index (χ3n) is 2.61. The Morgan fingerprint density at radius 2 is 2.00 bits per heavy atom. The summed E-state index contributed by atoms with van der Waals surface area (Å²) < 4.78 is 26.5. The minimum Gasteiger partial charge on any atom is -0.398 e. The van der Waals surface area contributed by atoms with Crippen LogP contribution >= 0.6 is 0 Å². The molecule has 0 aromatic heterocycles. The molecule has 1 rings (SSSR count). The van der Waals surface area contributed by atoms with Gasteiger partial charge in [0.2, 0.25) is 0 Å². The summed E-state index contributed by atoms with van der Waals surface area (Å²) in [5.41, 5.74) is 7.00. The van der Waals surface area contributed by atoms with Crippen LogP contribution in [0.4, 0.5) is 14.5 Å². The molecule has 1 nitrogen and oxygen atoms in total. The zero-order valence-corrected chi connectivity index (χ0v) is 8.70. The predicted molar refractivity (Wildman–Crippen MR) is 54.2 cm³/mol. The Kier molecular flexibility index (Phi) is 3.09. The van der Waals surface area contributed by atoms with Gasteiger partial charge in [0, 0.05) is 11.3 Å². The molecule has 0 spiro atoms. The first kappa shape index (κ1) is 11.0. The molecular formula is C11H15F2N. The number of aryl methyl sites for hydroxylation is 1. The van der Waals surface area contributed by atoms with Crippen molar-refractivity contribution in [3.05, 3.63) is 28.8 Å². The quantitative estimate of drug-likeness (QED) is 0.726. The third-order valence-corrected chi connectivity index (χ3v) is 2.61. The van der Waals surface area contributed by atoms with E-state index in [4.69, 9.17) is 5.73 Å². The van der Waals surface area contributed by atoms with Crippen LogP contribution in [0.2, 0.25) is 0 Å². The summed E-state index contributed by atoms with van der Waals surface area (Å²) >= 11 is 0. The van der Waals surface area contributed by atoms with Crippen LogP contribution in [-0.4, -0.2) is 0 Å². The average molecular weight is 199 g/mol. The molecule has 0 bridgehead atoms. The maximum Gasteiger partial charge on any atom is 0.164 e. The summed E-state index contributed by atoms with van der Waals surface area (Å²) in [6.07, 6.45) is 0.740. The van der Waals surface area contributed by atoms with Gasteiger partial charge in [0.15, 0.2) is 11.6 Å². The highest BCUT2D eigenvalue weighted by Gasteiger charge is 2.18. The molecule has 0 aliphatic heterocycles. The van der Waals surface area contributed by atoms with Crippen LogP contribution in [0.25, 0.3) is 0 Å². The molecule has 0 fully saturated rings. The number of rotatable bonds is 2. The highest BCUT2D eigenvalue weighted by atomic mass is 19.2. The van der Waals surface area contributed by atoms with E-state index in [2.05, 4.69) is 0 Å². The van der Waals surface area contributed by atoms with Gasteiger partial charge in [-0.25, -0.2) is 8.78 Å². The average Bonchev–Trinajstić information content (AvgIpc) is 2.15. The van der Waals surface area contributed by atoms with Crippen molar-refractivity contribution in [2.75, 3.05) is 5.73 Å². The van der Waals surface area contributed by atoms with E-state index in [1.807, 2.05) is 13.8 Å². The van der Waals surface area contributed by atoms with Crippen LogP contribution in [0, 0.1) is 18.6 Å². The van der Waals surface area contributed by atoms with Crippen molar-refractivity contribution in [2.24, 2.45) is 0 Å². The Morgan fingerprint density at radius 1 is 1.43 bits per heavy atom. The summed E-state index contributed by atoms with van der Waals surface area (Å²) in [5.74, 6) is -1.67. The highest BCUT2D eigenvalue weighted by Crippen LogP contribution is 2.31. The van der Waals surface area contributed by atoms with E-state index in [1.54, 1.807) is 6.92 Å². The second-order valence-corrected chi connectivity index (χ2v) is 3.63. The second kappa shape index (κ2) is 3.95. The molecule has 14 heavy (non-hydrogen) atoms. The lowest BCUT2D eigenvalue weighted by molar-refractivity contribution is 0.489. The zero-order valence-electron chi connectivity index (χ0n) is 8.70. The number of halogens is 2. The van der Waals surface area contributed by atoms with E-state index in [0.717, 1.165) is 12.5 Å². The van der Waals surface area contributed by atoms with Crippen LogP contribution < -0.4 is 5.73 Å². The number of hydrogen-bond acceptors (Lipinski definition) is 1. The van der Waals surface area contributed by atoms with Crippen LogP contribution in [0.1, 0.15) is 37.3 Å². The van der Waals surface area contributed by atoms with Gasteiger partial charge in [-0.1, -0.05) is 13.8 Å². The summed E-state index contributed by atoms with van der Waals surface area (Å²) in [6, 6.07) is 1.14. The van der Waals surface area contributed by atoms with Crippen molar-refractivity contribution in [1.29, 1.82) is 0 Å². The van der Waals surface area contributed by atoms with Crippen LogP contribution in [0.3, 0.4) is 0 Å². The summed E-state index contributed by atoms with van der Waals surface area (Å²) in [4.78, 5) is 0. The lowest BCUT2D eigenvalue weighted by atomic mass is 9.94. The topological polar surface area (TPSA) is 26.0 Å². The normalized spacial score (nSPS) is 12.9. The van der Waals surface area contributed by atoms with Crippen molar-refractivity contribution in [3.63, 3.8) is 0 Å². The zero-order chi connectivity index (χ0) is 10.9. The Morgan fingerprint density at radius 3 is 2.50 bits per heavy atom.